The van der Waals surface area contributed by atoms with Gasteiger partial charge in [0.15, 0.2) is 11.5 Å². The third-order valence-electron chi connectivity index (χ3n) is 5.32. The van der Waals surface area contributed by atoms with E-state index in [1.807, 2.05) is 51.1 Å². The van der Waals surface area contributed by atoms with Crippen LogP contribution in [0.2, 0.25) is 5.02 Å². The first-order chi connectivity index (χ1) is 15.4. The van der Waals surface area contributed by atoms with Crippen LogP contribution in [0.25, 0.3) is 0 Å². The van der Waals surface area contributed by atoms with Crippen LogP contribution in [-0.2, 0) is 22.6 Å². The molecule has 1 N–H and O–H groups in total. The van der Waals surface area contributed by atoms with E-state index in [0.717, 1.165) is 16.9 Å². The van der Waals surface area contributed by atoms with Crippen molar-refractivity contribution in [2.75, 3.05) is 13.2 Å². The summed E-state index contributed by atoms with van der Waals surface area (Å²) in [6.07, 6.45) is 1.37. The average molecular weight is 459 g/mol. The maximum Gasteiger partial charge on any atom is 0.243 e. The molecule has 0 aliphatic carbocycles. The van der Waals surface area contributed by atoms with Gasteiger partial charge in [0.25, 0.3) is 0 Å². The van der Waals surface area contributed by atoms with Crippen LogP contribution in [-0.4, -0.2) is 42.0 Å². The standard InChI is InChI=1S/C25H31ClN2O4/c1-4-21(25(30)27-17(2)3)28(16-19-5-9-20(26)10-6-19)24(29)12-8-18-7-11-22-23(15-18)32-14-13-31-22/h5-7,9-11,15,17,21H,4,8,12-14,16H2,1-3H3,(H,27,30). The zero-order valence-electron chi connectivity index (χ0n) is 18.9. The molecule has 2 amide bonds. The minimum atomic E-state index is -0.541. The Bertz CT molecular complexity index is 930. The van der Waals surface area contributed by atoms with E-state index in [4.69, 9.17) is 21.1 Å². The number of carbonyl (C=O) groups is 2. The van der Waals surface area contributed by atoms with Crippen LogP contribution in [0.5, 0.6) is 11.5 Å². The van der Waals surface area contributed by atoms with Crippen molar-refractivity contribution in [2.24, 2.45) is 0 Å². The normalized spacial score (nSPS) is 13.5. The molecule has 0 spiro atoms. The van der Waals surface area contributed by atoms with Crippen LogP contribution in [0.4, 0.5) is 0 Å². The summed E-state index contributed by atoms with van der Waals surface area (Å²) in [7, 11) is 0. The second-order valence-corrected chi connectivity index (χ2v) is 8.65. The number of hydrogen-bond donors (Lipinski definition) is 1. The maximum atomic E-state index is 13.3. The first kappa shape index (κ1) is 23.9. The molecule has 0 saturated heterocycles. The van der Waals surface area contributed by atoms with Gasteiger partial charge in [-0.15, -0.1) is 0 Å². The molecule has 1 unspecified atom stereocenters. The van der Waals surface area contributed by atoms with Crippen molar-refractivity contribution >= 4 is 23.4 Å². The van der Waals surface area contributed by atoms with Gasteiger partial charge in [-0.2, -0.15) is 0 Å². The number of halogens is 1. The zero-order chi connectivity index (χ0) is 23.1. The molecule has 1 atom stereocenters. The van der Waals surface area contributed by atoms with E-state index in [2.05, 4.69) is 5.32 Å². The van der Waals surface area contributed by atoms with E-state index in [1.54, 1.807) is 17.0 Å². The predicted molar refractivity (Wildman–Crippen MR) is 125 cm³/mol. The summed E-state index contributed by atoms with van der Waals surface area (Å²) in [4.78, 5) is 27.9. The van der Waals surface area contributed by atoms with E-state index in [1.165, 1.54) is 0 Å². The molecule has 7 heteroatoms. The minimum Gasteiger partial charge on any atom is -0.486 e. The highest BCUT2D eigenvalue weighted by Crippen LogP contribution is 2.31. The number of nitrogens with zero attached hydrogens (tertiary/aromatic N) is 1. The smallest absolute Gasteiger partial charge is 0.243 e. The molecular weight excluding hydrogens is 428 g/mol. The van der Waals surface area contributed by atoms with E-state index >= 15 is 0 Å². The molecule has 1 heterocycles. The first-order valence-electron chi connectivity index (χ1n) is 11.1. The second-order valence-electron chi connectivity index (χ2n) is 8.21. The highest BCUT2D eigenvalue weighted by atomic mass is 35.5. The largest absolute Gasteiger partial charge is 0.486 e. The van der Waals surface area contributed by atoms with Gasteiger partial charge in [-0.25, -0.2) is 0 Å². The van der Waals surface area contributed by atoms with E-state index in [0.29, 0.717) is 49.8 Å². The monoisotopic (exact) mass is 458 g/mol. The highest BCUT2D eigenvalue weighted by molar-refractivity contribution is 6.30. The van der Waals surface area contributed by atoms with Crippen LogP contribution in [0, 0.1) is 0 Å². The van der Waals surface area contributed by atoms with Gasteiger partial charge in [-0.1, -0.05) is 36.7 Å². The Hall–Kier alpha value is -2.73. The topological polar surface area (TPSA) is 67.9 Å². The summed E-state index contributed by atoms with van der Waals surface area (Å²) < 4.78 is 11.2. The summed E-state index contributed by atoms with van der Waals surface area (Å²) in [5.74, 6) is 1.23. The third-order valence-corrected chi connectivity index (χ3v) is 5.57. The Morgan fingerprint density at radius 1 is 1.03 bits per heavy atom. The highest BCUT2D eigenvalue weighted by Gasteiger charge is 2.28. The van der Waals surface area contributed by atoms with Crippen LogP contribution in [0.3, 0.4) is 0 Å². The van der Waals surface area contributed by atoms with Crippen LogP contribution >= 0.6 is 11.6 Å². The van der Waals surface area contributed by atoms with Crippen molar-refractivity contribution in [1.29, 1.82) is 0 Å². The number of nitrogens with one attached hydrogen (secondary N) is 1. The number of hydrogen-bond acceptors (Lipinski definition) is 4. The van der Waals surface area contributed by atoms with Gasteiger partial charge in [0.05, 0.1) is 0 Å². The molecule has 6 nitrogen and oxygen atoms in total. The lowest BCUT2D eigenvalue weighted by Gasteiger charge is -2.31. The second kappa shape index (κ2) is 11.2. The lowest BCUT2D eigenvalue weighted by molar-refractivity contribution is -0.141. The maximum absolute atomic E-state index is 13.3. The molecule has 0 saturated carbocycles. The Morgan fingerprint density at radius 2 is 1.69 bits per heavy atom. The van der Waals surface area contributed by atoms with E-state index in [9.17, 15) is 9.59 Å². The van der Waals surface area contributed by atoms with Crippen LogP contribution < -0.4 is 14.8 Å². The van der Waals surface area contributed by atoms with Crippen molar-refractivity contribution in [2.45, 2.75) is 58.7 Å². The van der Waals surface area contributed by atoms with Gasteiger partial charge < -0.3 is 19.7 Å². The molecular formula is C25H31ClN2O4. The molecule has 0 aromatic heterocycles. The fraction of sp³-hybridized carbons (Fsp3) is 0.440. The molecule has 2 aromatic carbocycles. The summed E-state index contributed by atoms with van der Waals surface area (Å²) >= 11 is 6.01. The van der Waals surface area contributed by atoms with Gasteiger partial charge in [0, 0.05) is 24.0 Å². The Labute approximate surface area is 194 Å². The molecule has 3 rings (SSSR count). The lowest BCUT2D eigenvalue weighted by atomic mass is 10.1. The summed E-state index contributed by atoms with van der Waals surface area (Å²) in [5.41, 5.74) is 1.92. The molecule has 2 aromatic rings. The molecule has 32 heavy (non-hydrogen) atoms. The van der Waals surface area contributed by atoms with Crippen molar-refractivity contribution < 1.29 is 19.1 Å². The van der Waals surface area contributed by atoms with E-state index in [-0.39, 0.29) is 17.9 Å². The number of amides is 2. The number of aryl methyl sites for hydroxylation is 1. The van der Waals surface area contributed by atoms with Gasteiger partial charge >= 0.3 is 0 Å². The van der Waals surface area contributed by atoms with Crippen LogP contribution in [0.15, 0.2) is 42.5 Å². The first-order valence-corrected chi connectivity index (χ1v) is 11.5. The molecule has 1 aliphatic rings. The summed E-state index contributed by atoms with van der Waals surface area (Å²) in [6.45, 7) is 7.17. The quantitative estimate of drug-likeness (QED) is 0.605. The van der Waals surface area contributed by atoms with Gasteiger partial charge in [0.2, 0.25) is 11.8 Å². The number of rotatable bonds is 9. The van der Waals surface area contributed by atoms with Crippen molar-refractivity contribution in [3.63, 3.8) is 0 Å². The molecule has 0 fully saturated rings. The molecule has 172 valence electrons. The lowest BCUT2D eigenvalue weighted by Crippen LogP contribution is -2.50. The SMILES string of the molecule is CCC(C(=O)NC(C)C)N(Cc1ccc(Cl)cc1)C(=O)CCc1ccc2c(c1)OCCO2. The number of ether oxygens (including phenoxy) is 2. The average Bonchev–Trinajstić information content (AvgIpc) is 2.78. The number of fused-ring (bicyclic) bond motifs is 1. The Balaban J connectivity index is 1.75. The third kappa shape index (κ3) is 6.39. The molecule has 0 radical (unpaired) electrons. The molecule has 0 bridgehead atoms. The van der Waals surface area contributed by atoms with Gasteiger partial charge in [-0.05, 0) is 62.1 Å². The van der Waals surface area contributed by atoms with Crippen molar-refractivity contribution in [1.82, 2.24) is 10.2 Å². The van der Waals surface area contributed by atoms with Gasteiger partial charge in [0.1, 0.15) is 19.3 Å². The van der Waals surface area contributed by atoms with E-state index < -0.39 is 6.04 Å². The number of carbonyl (C=O) groups excluding carboxylic acids is 2. The summed E-state index contributed by atoms with van der Waals surface area (Å²) in [6, 6.07) is 12.6. The van der Waals surface area contributed by atoms with Crippen molar-refractivity contribution in [3.05, 3.63) is 58.6 Å². The summed E-state index contributed by atoms with van der Waals surface area (Å²) in [5, 5.41) is 3.58. The van der Waals surface area contributed by atoms with Gasteiger partial charge in [-0.3, -0.25) is 9.59 Å². The van der Waals surface area contributed by atoms with Crippen LogP contribution in [0.1, 0.15) is 44.7 Å². The minimum absolute atomic E-state index is 0.00162. The molecule has 1 aliphatic heterocycles. The fourth-order valence-electron chi connectivity index (χ4n) is 3.72. The fourth-order valence-corrected chi connectivity index (χ4v) is 3.85. The predicted octanol–water partition coefficient (Wildman–Crippen LogP) is 4.38. The Kier molecular flexibility index (Phi) is 8.39. The number of benzene rings is 2. The Morgan fingerprint density at radius 3 is 2.34 bits per heavy atom. The zero-order valence-corrected chi connectivity index (χ0v) is 19.7. The van der Waals surface area contributed by atoms with Crippen molar-refractivity contribution in [3.8, 4) is 11.5 Å².